The number of nitrogens with zero attached hydrogens (tertiary/aromatic N) is 3. The normalized spacial score (nSPS) is 25.0. The largest absolute Gasteiger partial charge is 0.481 e. The van der Waals surface area contributed by atoms with Crippen LogP contribution in [-0.2, 0) is 11.3 Å². The number of hydrogen-bond acceptors (Lipinski definition) is 5. The molecule has 0 N–H and O–H groups in total. The highest BCUT2D eigenvalue weighted by Crippen LogP contribution is 2.37. The Hall–Kier alpha value is -1.17. The minimum Gasteiger partial charge on any atom is -0.481 e. The second kappa shape index (κ2) is 6.98. The van der Waals surface area contributed by atoms with Crippen LogP contribution >= 0.6 is 0 Å². The van der Waals surface area contributed by atoms with Gasteiger partial charge in [-0.1, -0.05) is 6.07 Å². The zero-order chi connectivity index (χ0) is 16.4. The predicted molar refractivity (Wildman–Crippen MR) is 93.1 cm³/mol. The molecule has 0 radical (unpaired) electrons. The van der Waals surface area contributed by atoms with Crippen LogP contribution in [0.2, 0.25) is 0 Å². The summed E-state index contributed by atoms with van der Waals surface area (Å²) in [6.07, 6.45) is 7.08. The van der Waals surface area contributed by atoms with Crippen molar-refractivity contribution in [1.82, 2.24) is 14.8 Å². The zero-order valence-electron chi connectivity index (χ0n) is 14.7. The van der Waals surface area contributed by atoms with Crippen molar-refractivity contribution in [3.8, 4) is 5.88 Å². The van der Waals surface area contributed by atoms with Gasteiger partial charge in [0.15, 0.2) is 0 Å². The summed E-state index contributed by atoms with van der Waals surface area (Å²) in [5.74, 6) is 1.71. The van der Waals surface area contributed by atoms with Gasteiger partial charge >= 0.3 is 0 Å². The maximum Gasteiger partial charge on any atom is 0.217 e. The lowest BCUT2D eigenvalue weighted by atomic mass is 9.85. The summed E-state index contributed by atoms with van der Waals surface area (Å²) >= 11 is 0. The Morgan fingerprint density at radius 3 is 2.88 bits per heavy atom. The number of morpholine rings is 1. The van der Waals surface area contributed by atoms with E-state index >= 15 is 0 Å². The quantitative estimate of drug-likeness (QED) is 0.827. The first kappa shape index (κ1) is 16.3. The lowest BCUT2D eigenvalue weighted by Gasteiger charge is -2.51. The van der Waals surface area contributed by atoms with Gasteiger partial charge < -0.3 is 9.47 Å². The molecule has 4 rings (SSSR count). The molecule has 0 unspecified atom stereocenters. The molecular formula is C19H29N3O2. The molecule has 5 heteroatoms. The van der Waals surface area contributed by atoms with Crippen molar-refractivity contribution >= 4 is 0 Å². The number of methoxy groups -OCH3 is 1. The number of piperidine rings is 1. The number of likely N-dealkylation sites (tertiary alicyclic amines) is 1. The average Bonchev–Trinajstić information content (AvgIpc) is 3.44. The third-order valence-corrected chi connectivity index (χ3v) is 5.95. The maximum atomic E-state index is 5.89. The standard InChI is InChI=1S/C19H29N3O2/c1-23-18-17(3-2-8-20-18)14-21-9-6-19(7-10-21)15-24-12-11-22(19)13-16-4-5-16/h2-3,8,16H,4-7,9-15H2,1H3. The maximum absolute atomic E-state index is 5.89. The fraction of sp³-hybridized carbons (Fsp3) is 0.737. The fourth-order valence-electron chi connectivity index (χ4n) is 4.22. The smallest absolute Gasteiger partial charge is 0.217 e. The van der Waals surface area contributed by atoms with Crippen LogP contribution in [0.5, 0.6) is 5.88 Å². The van der Waals surface area contributed by atoms with Gasteiger partial charge in [-0.05, 0) is 37.7 Å². The molecule has 1 saturated carbocycles. The van der Waals surface area contributed by atoms with Crippen molar-refractivity contribution in [1.29, 1.82) is 0 Å². The molecule has 2 saturated heterocycles. The first-order valence-corrected chi connectivity index (χ1v) is 9.32. The van der Waals surface area contributed by atoms with Crippen molar-refractivity contribution in [2.75, 3.05) is 46.5 Å². The molecule has 132 valence electrons. The van der Waals surface area contributed by atoms with Crippen LogP contribution in [0.4, 0.5) is 0 Å². The number of rotatable bonds is 5. The van der Waals surface area contributed by atoms with E-state index < -0.39 is 0 Å². The van der Waals surface area contributed by atoms with Crippen molar-refractivity contribution < 1.29 is 9.47 Å². The Kier molecular flexibility index (Phi) is 4.74. The molecule has 24 heavy (non-hydrogen) atoms. The van der Waals surface area contributed by atoms with E-state index in [1.807, 2.05) is 6.07 Å². The summed E-state index contributed by atoms with van der Waals surface area (Å²) in [6, 6.07) is 4.12. The summed E-state index contributed by atoms with van der Waals surface area (Å²) in [7, 11) is 1.70. The van der Waals surface area contributed by atoms with E-state index in [0.29, 0.717) is 0 Å². The first-order valence-electron chi connectivity index (χ1n) is 9.32. The molecule has 1 spiro atoms. The summed E-state index contributed by atoms with van der Waals surface area (Å²) in [5.41, 5.74) is 1.47. The van der Waals surface area contributed by atoms with Gasteiger partial charge in [-0.25, -0.2) is 4.98 Å². The minimum atomic E-state index is 0.288. The van der Waals surface area contributed by atoms with Crippen molar-refractivity contribution in [3.05, 3.63) is 23.9 Å². The van der Waals surface area contributed by atoms with Crippen molar-refractivity contribution in [2.45, 2.75) is 37.8 Å². The summed E-state index contributed by atoms with van der Waals surface area (Å²) in [4.78, 5) is 9.62. The molecule has 1 aromatic rings. The molecule has 0 bridgehead atoms. The van der Waals surface area contributed by atoms with Gasteiger partial charge in [0.2, 0.25) is 5.88 Å². The van der Waals surface area contributed by atoms with Crippen LogP contribution in [0.15, 0.2) is 18.3 Å². The van der Waals surface area contributed by atoms with Gasteiger partial charge in [0.25, 0.3) is 0 Å². The molecule has 0 atom stereocenters. The number of aromatic nitrogens is 1. The van der Waals surface area contributed by atoms with Gasteiger partial charge in [0, 0.05) is 50.0 Å². The lowest BCUT2D eigenvalue weighted by Crippen LogP contribution is -2.61. The topological polar surface area (TPSA) is 37.8 Å². The first-order chi connectivity index (χ1) is 11.8. The Labute approximate surface area is 144 Å². The van der Waals surface area contributed by atoms with E-state index in [2.05, 4.69) is 20.9 Å². The summed E-state index contributed by atoms with van der Waals surface area (Å²) in [5, 5.41) is 0. The van der Waals surface area contributed by atoms with Crippen LogP contribution in [0.1, 0.15) is 31.2 Å². The van der Waals surface area contributed by atoms with Crippen LogP contribution < -0.4 is 4.74 Å². The van der Waals surface area contributed by atoms with E-state index in [1.165, 1.54) is 37.8 Å². The highest BCUT2D eigenvalue weighted by molar-refractivity contribution is 5.25. The molecule has 5 nitrogen and oxygen atoms in total. The number of hydrogen-bond donors (Lipinski definition) is 0. The Balaban J connectivity index is 1.38. The predicted octanol–water partition coefficient (Wildman–Crippen LogP) is 2.17. The molecule has 0 aromatic carbocycles. The number of ether oxygens (including phenoxy) is 2. The highest BCUT2D eigenvalue weighted by atomic mass is 16.5. The van der Waals surface area contributed by atoms with Gasteiger partial charge in [0.05, 0.1) is 20.3 Å². The second-order valence-corrected chi connectivity index (χ2v) is 7.61. The van der Waals surface area contributed by atoms with Gasteiger partial charge in [0.1, 0.15) is 0 Å². The van der Waals surface area contributed by atoms with E-state index in [0.717, 1.165) is 51.2 Å². The minimum absolute atomic E-state index is 0.288. The van der Waals surface area contributed by atoms with E-state index in [4.69, 9.17) is 9.47 Å². The summed E-state index contributed by atoms with van der Waals surface area (Å²) in [6.45, 7) is 7.42. The molecule has 3 fully saturated rings. The van der Waals surface area contributed by atoms with E-state index in [-0.39, 0.29) is 5.54 Å². The van der Waals surface area contributed by atoms with Crippen molar-refractivity contribution in [3.63, 3.8) is 0 Å². The van der Waals surface area contributed by atoms with Crippen LogP contribution in [-0.4, -0.2) is 66.8 Å². The van der Waals surface area contributed by atoms with Crippen LogP contribution in [0.3, 0.4) is 0 Å². The second-order valence-electron chi connectivity index (χ2n) is 7.61. The Morgan fingerprint density at radius 2 is 2.12 bits per heavy atom. The molecule has 2 aliphatic heterocycles. The lowest BCUT2D eigenvalue weighted by molar-refractivity contribution is -0.0971. The van der Waals surface area contributed by atoms with E-state index in [1.54, 1.807) is 13.3 Å². The Morgan fingerprint density at radius 1 is 1.29 bits per heavy atom. The average molecular weight is 331 g/mol. The molecule has 1 aliphatic carbocycles. The number of pyridine rings is 1. The third-order valence-electron chi connectivity index (χ3n) is 5.95. The molecule has 0 amide bonds. The van der Waals surface area contributed by atoms with Gasteiger partial charge in [-0.2, -0.15) is 0 Å². The molecule has 1 aromatic heterocycles. The summed E-state index contributed by atoms with van der Waals surface area (Å²) < 4.78 is 11.3. The third kappa shape index (κ3) is 3.44. The highest BCUT2D eigenvalue weighted by Gasteiger charge is 2.43. The van der Waals surface area contributed by atoms with Crippen LogP contribution in [0, 0.1) is 5.92 Å². The zero-order valence-corrected chi connectivity index (χ0v) is 14.7. The molecule has 3 aliphatic rings. The SMILES string of the molecule is COc1ncccc1CN1CCC2(CC1)COCCN2CC1CC1. The molecule has 3 heterocycles. The van der Waals surface area contributed by atoms with Gasteiger partial charge in [-0.3, -0.25) is 9.80 Å². The monoisotopic (exact) mass is 331 g/mol. The van der Waals surface area contributed by atoms with Crippen molar-refractivity contribution in [2.24, 2.45) is 5.92 Å². The fourth-order valence-corrected chi connectivity index (χ4v) is 4.22. The van der Waals surface area contributed by atoms with E-state index in [9.17, 15) is 0 Å². The van der Waals surface area contributed by atoms with Crippen LogP contribution in [0.25, 0.3) is 0 Å². The van der Waals surface area contributed by atoms with Gasteiger partial charge in [-0.15, -0.1) is 0 Å². The Bertz CT molecular complexity index is 553. The molecular weight excluding hydrogens is 302 g/mol.